The molecule has 0 fully saturated rings. The van der Waals surface area contributed by atoms with Gasteiger partial charge in [-0.25, -0.2) is 0 Å². The molecule has 4 rings (SSSR count). The van der Waals surface area contributed by atoms with Crippen molar-refractivity contribution in [3.8, 4) is 0 Å². The van der Waals surface area contributed by atoms with Crippen molar-refractivity contribution in [3.05, 3.63) is 77.0 Å². The molecule has 2 heterocycles. The Balaban J connectivity index is 1.95. The largest absolute Gasteiger partial charge is 0.298 e. The van der Waals surface area contributed by atoms with Gasteiger partial charge in [-0.2, -0.15) is 0 Å². The third kappa shape index (κ3) is 2.42. The number of aromatic nitrogens is 1. The van der Waals surface area contributed by atoms with Crippen LogP contribution >= 0.6 is 0 Å². The zero-order valence-electron chi connectivity index (χ0n) is 13.8. The van der Waals surface area contributed by atoms with Crippen LogP contribution in [0, 0.1) is 0 Å². The summed E-state index contributed by atoms with van der Waals surface area (Å²) in [5.41, 5.74) is 5.51. The smallest absolute Gasteiger partial charge is 0.150 e. The van der Waals surface area contributed by atoms with Crippen molar-refractivity contribution in [2.75, 3.05) is 0 Å². The molecule has 0 amide bonds. The molecule has 0 unspecified atom stereocenters. The zero-order chi connectivity index (χ0) is 16.7. The molecule has 0 saturated heterocycles. The number of carbonyl (C=O) groups is 1. The Morgan fingerprint density at radius 3 is 2.75 bits per heavy atom. The predicted molar refractivity (Wildman–Crippen MR) is 97.0 cm³/mol. The van der Waals surface area contributed by atoms with Gasteiger partial charge in [-0.15, -0.1) is 0 Å². The highest BCUT2D eigenvalue weighted by molar-refractivity contribution is 6.16. The van der Waals surface area contributed by atoms with Gasteiger partial charge in [0.05, 0.1) is 16.8 Å². The molecule has 3 nitrogen and oxygen atoms in total. The van der Waals surface area contributed by atoms with Crippen LogP contribution in [0.2, 0.25) is 0 Å². The number of nitrogens with zero attached hydrogens (tertiary/aromatic N) is 2. The summed E-state index contributed by atoms with van der Waals surface area (Å²) >= 11 is 0. The lowest BCUT2D eigenvalue weighted by molar-refractivity contribution is 0.112. The molecule has 3 aromatic rings. The molecule has 0 aliphatic carbocycles. The molecule has 0 spiro atoms. The Bertz CT molecular complexity index is 986. The lowest BCUT2D eigenvalue weighted by Crippen LogP contribution is -2.30. The van der Waals surface area contributed by atoms with E-state index in [-0.39, 0.29) is 5.54 Å². The van der Waals surface area contributed by atoms with E-state index >= 15 is 0 Å². The Labute approximate surface area is 141 Å². The molecule has 1 aliphatic heterocycles. The van der Waals surface area contributed by atoms with Crippen molar-refractivity contribution >= 4 is 22.9 Å². The highest BCUT2D eigenvalue weighted by Crippen LogP contribution is 2.31. The number of rotatable bonds is 2. The molecule has 0 atom stereocenters. The average molecular weight is 314 g/mol. The zero-order valence-corrected chi connectivity index (χ0v) is 13.8. The van der Waals surface area contributed by atoms with Crippen molar-refractivity contribution in [2.45, 2.75) is 25.8 Å². The summed E-state index contributed by atoms with van der Waals surface area (Å²) in [6.07, 6.45) is 3.58. The summed E-state index contributed by atoms with van der Waals surface area (Å²) in [5, 5.41) is 1.09. The molecular formula is C21H18N2O. The predicted octanol–water partition coefficient (Wildman–Crippen LogP) is 4.22. The van der Waals surface area contributed by atoms with Gasteiger partial charge in [-0.05, 0) is 38.0 Å². The maximum atomic E-state index is 11.5. The normalized spacial score (nSPS) is 15.7. The highest BCUT2D eigenvalue weighted by Gasteiger charge is 2.29. The summed E-state index contributed by atoms with van der Waals surface area (Å²) in [6.45, 7) is 4.21. The van der Waals surface area contributed by atoms with Gasteiger partial charge in [-0.3, -0.25) is 14.8 Å². The Morgan fingerprint density at radius 1 is 1.08 bits per heavy atom. The molecular weight excluding hydrogens is 296 g/mol. The summed E-state index contributed by atoms with van der Waals surface area (Å²) in [4.78, 5) is 21.0. The first-order valence-electron chi connectivity index (χ1n) is 8.10. The van der Waals surface area contributed by atoms with Gasteiger partial charge >= 0.3 is 0 Å². The van der Waals surface area contributed by atoms with E-state index in [1.54, 1.807) is 0 Å². The number of fused-ring (bicyclic) bond motifs is 2. The van der Waals surface area contributed by atoms with Gasteiger partial charge in [0, 0.05) is 28.3 Å². The highest BCUT2D eigenvalue weighted by atomic mass is 16.1. The van der Waals surface area contributed by atoms with Crippen LogP contribution in [0.15, 0.2) is 59.7 Å². The quantitative estimate of drug-likeness (QED) is 0.665. The van der Waals surface area contributed by atoms with E-state index < -0.39 is 0 Å². The number of aldehydes is 1. The summed E-state index contributed by atoms with van der Waals surface area (Å²) < 4.78 is 0. The van der Waals surface area contributed by atoms with Gasteiger partial charge in [0.1, 0.15) is 6.29 Å². The monoisotopic (exact) mass is 314 g/mol. The van der Waals surface area contributed by atoms with Gasteiger partial charge in [0.25, 0.3) is 0 Å². The Morgan fingerprint density at radius 2 is 1.92 bits per heavy atom. The topological polar surface area (TPSA) is 42.3 Å². The minimum atomic E-state index is -0.243. The van der Waals surface area contributed by atoms with Gasteiger partial charge < -0.3 is 0 Å². The van der Waals surface area contributed by atoms with Crippen LogP contribution in [0.5, 0.6) is 0 Å². The van der Waals surface area contributed by atoms with Crippen LogP contribution in [0.3, 0.4) is 0 Å². The van der Waals surface area contributed by atoms with Crippen LogP contribution in [0.1, 0.15) is 40.9 Å². The fourth-order valence-corrected chi connectivity index (χ4v) is 3.39. The van der Waals surface area contributed by atoms with Crippen LogP contribution in [0.25, 0.3) is 10.9 Å². The molecule has 1 aromatic heterocycles. The number of carbonyl (C=O) groups excluding carboxylic acids is 1. The van der Waals surface area contributed by atoms with Crippen molar-refractivity contribution in [1.29, 1.82) is 0 Å². The maximum Gasteiger partial charge on any atom is 0.150 e. The van der Waals surface area contributed by atoms with Crippen molar-refractivity contribution < 1.29 is 4.79 Å². The van der Waals surface area contributed by atoms with Crippen LogP contribution in [-0.2, 0) is 6.42 Å². The third-order valence-corrected chi connectivity index (χ3v) is 4.48. The van der Waals surface area contributed by atoms with E-state index in [1.165, 1.54) is 0 Å². The van der Waals surface area contributed by atoms with E-state index in [1.807, 2.05) is 42.6 Å². The van der Waals surface area contributed by atoms with Crippen molar-refractivity contribution in [3.63, 3.8) is 0 Å². The van der Waals surface area contributed by atoms with E-state index in [2.05, 4.69) is 31.0 Å². The third-order valence-electron chi connectivity index (χ3n) is 4.48. The number of pyridine rings is 1. The first-order chi connectivity index (χ1) is 11.6. The molecule has 0 N–H and O–H groups in total. The summed E-state index contributed by atoms with van der Waals surface area (Å²) in [6, 6.07) is 16.0. The number of benzene rings is 2. The van der Waals surface area contributed by atoms with Crippen LogP contribution in [0.4, 0.5) is 0 Å². The first-order valence-corrected chi connectivity index (χ1v) is 8.10. The summed E-state index contributed by atoms with van der Waals surface area (Å²) in [5.74, 6) is 0. The second kappa shape index (κ2) is 5.38. The molecule has 118 valence electrons. The molecule has 24 heavy (non-hydrogen) atoms. The number of hydrogen-bond donors (Lipinski definition) is 0. The lowest BCUT2D eigenvalue weighted by Gasteiger charge is -2.30. The van der Waals surface area contributed by atoms with Gasteiger partial charge in [0.15, 0.2) is 0 Å². The van der Waals surface area contributed by atoms with Gasteiger partial charge in [0.2, 0.25) is 0 Å². The second-order valence-corrected chi connectivity index (χ2v) is 6.86. The molecule has 3 heteroatoms. The standard InChI is InChI=1S/C21H18N2O/c1-21(2)11-18-15(13-24)7-5-8-17(18)20(23-21)16-10-14-6-3-4-9-19(14)22-12-16/h3-10,12-13H,11H2,1-2H3. The lowest BCUT2D eigenvalue weighted by atomic mass is 9.83. The molecule has 2 aromatic carbocycles. The molecule has 0 bridgehead atoms. The average Bonchev–Trinajstić information content (AvgIpc) is 2.59. The molecule has 1 aliphatic rings. The van der Waals surface area contributed by atoms with Crippen LogP contribution < -0.4 is 0 Å². The SMILES string of the molecule is CC1(C)Cc2c(C=O)cccc2C(c2cnc3ccccc3c2)=N1. The Kier molecular flexibility index (Phi) is 3.31. The maximum absolute atomic E-state index is 11.5. The molecule has 0 saturated carbocycles. The number of para-hydroxylation sites is 1. The number of hydrogen-bond acceptors (Lipinski definition) is 3. The minimum Gasteiger partial charge on any atom is -0.298 e. The minimum absolute atomic E-state index is 0.243. The van der Waals surface area contributed by atoms with Crippen molar-refractivity contribution in [1.82, 2.24) is 4.98 Å². The van der Waals surface area contributed by atoms with Crippen LogP contribution in [-0.4, -0.2) is 22.5 Å². The van der Waals surface area contributed by atoms with E-state index in [0.29, 0.717) is 0 Å². The Hall–Kier alpha value is -2.81. The number of aliphatic imine (C=N–C) groups is 1. The molecule has 0 radical (unpaired) electrons. The fourth-order valence-electron chi connectivity index (χ4n) is 3.39. The summed E-state index contributed by atoms with van der Waals surface area (Å²) in [7, 11) is 0. The first kappa shape index (κ1) is 14.8. The van der Waals surface area contributed by atoms with Gasteiger partial charge in [-0.1, -0.05) is 36.4 Å². The van der Waals surface area contributed by atoms with Crippen molar-refractivity contribution in [2.24, 2.45) is 4.99 Å². The van der Waals surface area contributed by atoms with E-state index in [9.17, 15) is 4.79 Å². The van der Waals surface area contributed by atoms with E-state index in [4.69, 9.17) is 4.99 Å². The van der Waals surface area contributed by atoms with E-state index in [0.717, 1.165) is 51.6 Å². The second-order valence-electron chi connectivity index (χ2n) is 6.86. The fraction of sp³-hybridized carbons (Fsp3) is 0.190.